The maximum absolute atomic E-state index is 11.9. The third kappa shape index (κ3) is 1.80. The van der Waals surface area contributed by atoms with Crippen LogP contribution < -0.4 is 10.6 Å². The summed E-state index contributed by atoms with van der Waals surface area (Å²) in [5, 5.41) is 0. The molecule has 1 atom stereocenters. The van der Waals surface area contributed by atoms with Gasteiger partial charge in [0.05, 0.1) is 5.69 Å². The summed E-state index contributed by atoms with van der Waals surface area (Å²) in [4.78, 5) is 17.9. The highest BCUT2D eigenvalue weighted by atomic mass is 16.2. The minimum Gasteiger partial charge on any atom is -0.330 e. The lowest BCUT2D eigenvalue weighted by molar-refractivity contribution is -0.117. The van der Waals surface area contributed by atoms with E-state index in [0.717, 1.165) is 23.4 Å². The second-order valence-electron chi connectivity index (χ2n) is 4.43. The SMILES string of the molecule is Cc1cncc(C)c1N1CC(CN)CC1=O. The minimum absolute atomic E-state index is 0.174. The standard InChI is InChI=1S/C12H17N3O/c1-8-5-14-6-9(2)12(8)15-7-10(4-13)3-11(15)16/h5-6,10H,3-4,7,13H2,1-2H3. The van der Waals surface area contributed by atoms with Crippen molar-refractivity contribution < 1.29 is 4.79 Å². The second-order valence-corrected chi connectivity index (χ2v) is 4.43. The smallest absolute Gasteiger partial charge is 0.227 e. The minimum atomic E-state index is 0.174. The molecule has 1 fully saturated rings. The normalized spacial score (nSPS) is 20.6. The molecular formula is C12H17N3O. The van der Waals surface area contributed by atoms with Crippen molar-refractivity contribution in [2.45, 2.75) is 20.3 Å². The van der Waals surface area contributed by atoms with Gasteiger partial charge in [-0.1, -0.05) is 0 Å². The first kappa shape index (κ1) is 11.1. The Morgan fingerprint density at radius 1 is 1.44 bits per heavy atom. The third-order valence-electron chi connectivity index (χ3n) is 3.09. The molecule has 1 amide bonds. The van der Waals surface area contributed by atoms with Gasteiger partial charge in [0.1, 0.15) is 0 Å². The molecule has 2 N–H and O–H groups in total. The van der Waals surface area contributed by atoms with Crippen molar-refractivity contribution in [3.05, 3.63) is 23.5 Å². The number of aryl methyl sites for hydroxylation is 2. The van der Waals surface area contributed by atoms with Gasteiger partial charge in [0.25, 0.3) is 0 Å². The van der Waals surface area contributed by atoms with E-state index in [9.17, 15) is 4.79 Å². The Hall–Kier alpha value is -1.42. The Kier molecular flexibility index (Phi) is 2.92. The van der Waals surface area contributed by atoms with E-state index in [0.29, 0.717) is 18.9 Å². The number of nitrogens with zero attached hydrogens (tertiary/aromatic N) is 2. The quantitative estimate of drug-likeness (QED) is 0.807. The zero-order chi connectivity index (χ0) is 11.7. The molecule has 0 aromatic carbocycles. The van der Waals surface area contributed by atoms with Gasteiger partial charge >= 0.3 is 0 Å². The summed E-state index contributed by atoms with van der Waals surface area (Å²) in [7, 11) is 0. The molecule has 4 heteroatoms. The van der Waals surface area contributed by atoms with Crippen molar-refractivity contribution >= 4 is 11.6 Å². The third-order valence-corrected chi connectivity index (χ3v) is 3.09. The zero-order valence-corrected chi connectivity index (χ0v) is 9.73. The maximum atomic E-state index is 11.9. The van der Waals surface area contributed by atoms with Crippen LogP contribution in [0, 0.1) is 19.8 Å². The molecule has 1 unspecified atom stereocenters. The number of nitrogens with two attached hydrogens (primary N) is 1. The molecule has 4 nitrogen and oxygen atoms in total. The van der Waals surface area contributed by atoms with Gasteiger partial charge in [0.15, 0.2) is 0 Å². The van der Waals surface area contributed by atoms with Gasteiger partial charge in [-0.15, -0.1) is 0 Å². The summed E-state index contributed by atoms with van der Waals surface area (Å²) in [5.41, 5.74) is 8.73. The molecule has 1 aliphatic rings. The van der Waals surface area contributed by atoms with Crippen LogP contribution in [0.4, 0.5) is 5.69 Å². The van der Waals surface area contributed by atoms with Crippen LogP contribution in [0.15, 0.2) is 12.4 Å². The molecule has 16 heavy (non-hydrogen) atoms. The lowest BCUT2D eigenvalue weighted by atomic mass is 10.1. The van der Waals surface area contributed by atoms with E-state index < -0.39 is 0 Å². The fourth-order valence-corrected chi connectivity index (χ4v) is 2.28. The Labute approximate surface area is 95.5 Å². The van der Waals surface area contributed by atoms with Crippen molar-refractivity contribution in [1.29, 1.82) is 0 Å². The van der Waals surface area contributed by atoms with Crippen LogP contribution in [0.25, 0.3) is 0 Å². The van der Waals surface area contributed by atoms with Crippen LogP contribution in [-0.4, -0.2) is 24.0 Å². The summed E-state index contributed by atoms with van der Waals surface area (Å²) in [6, 6.07) is 0. The number of aromatic nitrogens is 1. The molecule has 1 saturated heterocycles. The molecular weight excluding hydrogens is 202 g/mol. The van der Waals surface area contributed by atoms with Gasteiger partial charge < -0.3 is 10.6 Å². The van der Waals surface area contributed by atoms with Crippen LogP contribution in [-0.2, 0) is 4.79 Å². The number of carbonyl (C=O) groups excluding carboxylic acids is 1. The highest BCUT2D eigenvalue weighted by molar-refractivity contribution is 5.97. The summed E-state index contributed by atoms with van der Waals surface area (Å²) in [5.74, 6) is 0.465. The highest BCUT2D eigenvalue weighted by Crippen LogP contribution is 2.29. The number of hydrogen-bond acceptors (Lipinski definition) is 3. The molecule has 1 aromatic rings. The molecule has 2 rings (SSSR count). The van der Waals surface area contributed by atoms with E-state index in [1.807, 2.05) is 18.7 Å². The molecule has 0 radical (unpaired) electrons. The van der Waals surface area contributed by atoms with E-state index in [4.69, 9.17) is 5.73 Å². The molecule has 86 valence electrons. The first-order valence-electron chi connectivity index (χ1n) is 5.55. The van der Waals surface area contributed by atoms with Crippen molar-refractivity contribution in [1.82, 2.24) is 4.98 Å². The second kappa shape index (κ2) is 4.22. The Bertz CT molecular complexity index is 396. The van der Waals surface area contributed by atoms with Crippen molar-refractivity contribution in [2.75, 3.05) is 18.0 Å². The van der Waals surface area contributed by atoms with Crippen LogP contribution in [0.1, 0.15) is 17.5 Å². The molecule has 0 bridgehead atoms. The van der Waals surface area contributed by atoms with Gasteiger partial charge in [-0.05, 0) is 37.4 Å². The first-order chi connectivity index (χ1) is 7.63. The predicted octanol–water partition coefficient (Wildman–Crippen LogP) is 1.01. The van der Waals surface area contributed by atoms with Crippen LogP contribution in [0.5, 0.6) is 0 Å². The summed E-state index contributed by atoms with van der Waals surface area (Å²) in [6.07, 6.45) is 4.16. The first-order valence-corrected chi connectivity index (χ1v) is 5.55. The maximum Gasteiger partial charge on any atom is 0.227 e. The van der Waals surface area contributed by atoms with Crippen LogP contribution in [0.2, 0.25) is 0 Å². The summed E-state index contributed by atoms with van der Waals surface area (Å²) >= 11 is 0. The monoisotopic (exact) mass is 219 g/mol. The van der Waals surface area contributed by atoms with Gasteiger partial charge in [0.2, 0.25) is 5.91 Å². The molecule has 2 heterocycles. The van der Waals surface area contributed by atoms with E-state index in [1.165, 1.54) is 0 Å². The van der Waals surface area contributed by atoms with Gasteiger partial charge in [-0.3, -0.25) is 9.78 Å². The topological polar surface area (TPSA) is 59.2 Å². The largest absolute Gasteiger partial charge is 0.330 e. The fourth-order valence-electron chi connectivity index (χ4n) is 2.28. The average Bonchev–Trinajstić information content (AvgIpc) is 2.60. The lowest BCUT2D eigenvalue weighted by Crippen LogP contribution is -2.27. The van der Waals surface area contributed by atoms with Crippen molar-refractivity contribution in [3.63, 3.8) is 0 Å². The highest BCUT2D eigenvalue weighted by Gasteiger charge is 2.31. The molecule has 0 aliphatic carbocycles. The number of hydrogen-bond donors (Lipinski definition) is 1. The van der Waals surface area contributed by atoms with Gasteiger partial charge in [-0.2, -0.15) is 0 Å². The van der Waals surface area contributed by atoms with Crippen molar-refractivity contribution in [3.8, 4) is 0 Å². The molecule has 1 aromatic heterocycles. The Morgan fingerprint density at radius 3 is 2.56 bits per heavy atom. The summed E-state index contributed by atoms with van der Waals surface area (Å²) in [6.45, 7) is 5.28. The van der Waals surface area contributed by atoms with Crippen molar-refractivity contribution in [2.24, 2.45) is 11.7 Å². The van der Waals surface area contributed by atoms with E-state index >= 15 is 0 Å². The predicted molar refractivity (Wildman–Crippen MR) is 63.2 cm³/mol. The van der Waals surface area contributed by atoms with Crippen LogP contribution >= 0.6 is 0 Å². The molecule has 0 saturated carbocycles. The number of anilines is 1. The number of amides is 1. The Balaban J connectivity index is 2.35. The van der Waals surface area contributed by atoms with Crippen LogP contribution in [0.3, 0.4) is 0 Å². The molecule has 1 aliphatic heterocycles. The van der Waals surface area contributed by atoms with Gasteiger partial charge in [-0.25, -0.2) is 0 Å². The zero-order valence-electron chi connectivity index (χ0n) is 9.73. The van der Waals surface area contributed by atoms with E-state index in [2.05, 4.69) is 4.98 Å². The number of pyridine rings is 1. The number of carbonyl (C=O) groups is 1. The van der Waals surface area contributed by atoms with E-state index in [-0.39, 0.29) is 5.91 Å². The Morgan fingerprint density at radius 2 is 2.06 bits per heavy atom. The fraction of sp³-hybridized carbons (Fsp3) is 0.500. The van der Waals surface area contributed by atoms with E-state index in [1.54, 1.807) is 12.4 Å². The lowest BCUT2D eigenvalue weighted by Gasteiger charge is -2.20. The number of rotatable bonds is 2. The average molecular weight is 219 g/mol. The van der Waals surface area contributed by atoms with Gasteiger partial charge in [0, 0.05) is 25.4 Å². The summed E-state index contributed by atoms with van der Waals surface area (Å²) < 4.78 is 0. The molecule has 0 spiro atoms.